The van der Waals surface area contributed by atoms with Crippen LogP contribution in [0.25, 0.3) is 0 Å². The van der Waals surface area contributed by atoms with E-state index in [1.54, 1.807) is 0 Å². The standard InChI is InChI=1S/C10H11F3O2/c1-3-5-6-8(7-10(11,12)13)9(14)15-4-2/h7H,4,6H2,1-2H3/b8-7-. The highest BCUT2D eigenvalue weighted by molar-refractivity contribution is 5.89. The van der Waals surface area contributed by atoms with E-state index in [0.29, 0.717) is 0 Å². The van der Waals surface area contributed by atoms with E-state index in [4.69, 9.17) is 0 Å². The number of allylic oxidation sites excluding steroid dienone is 1. The Hall–Kier alpha value is -1.44. The number of carbonyl (C=O) groups is 1. The summed E-state index contributed by atoms with van der Waals surface area (Å²) in [6.45, 7) is 3.04. The quantitative estimate of drug-likeness (QED) is 0.415. The third-order valence-electron chi connectivity index (χ3n) is 1.33. The molecule has 0 saturated carbocycles. The molecule has 0 spiro atoms. The van der Waals surface area contributed by atoms with Gasteiger partial charge in [-0.2, -0.15) is 13.2 Å². The molecule has 0 aromatic heterocycles. The maximum atomic E-state index is 12.0. The first-order valence-corrected chi connectivity index (χ1v) is 4.26. The van der Waals surface area contributed by atoms with Gasteiger partial charge in [-0.15, -0.1) is 5.92 Å². The molecule has 0 N–H and O–H groups in total. The van der Waals surface area contributed by atoms with E-state index in [1.165, 1.54) is 13.8 Å². The average molecular weight is 220 g/mol. The maximum absolute atomic E-state index is 12.0. The molecule has 0 saturated heterocycles. The molecule has 0 aliphatic carbocycles. The normalized spacial score (nSPS) is 11.7. The zero-order chi connectivity index (χ0) is 11.9. The molecule has 0 aliphatic heterocycles. The van der Waals surface area contributed by atoms with Crippen LogP contribution in [-0.4, -0.2) is 18.8 Å². The number of hydrogen-bond donors (Lipinski definition) is 0. The summed E-state index contributed by atoms with van der Waals surface area (Å²) in [6.07, 6.45) is -4.86. The van der Waals surface area contributed by atoms with E-state index in [-0.39, 0.29) is 19.1 Å². The predicted octanol–water partition coefficient (Wildman–Crippen LogP) is 2.45. The summed E-state index contributed by atoms with van der Waals surface area (Å²) in [5.41, 5.74) is -0.473. The van der Waals surface area contributed by atoms with Crippen molar-refractivity contribution >= 4 is 5.97 Å². The summed E-state index contributed by atoms with van der Waals surface area (Å²) < 4.78 is 40.5. The first-order valence-electron chi connectivity index (χ1n) is 4.26. The SMILES string of the molecule is CC#CC/C(=C/C(F)(F)F)C(=O)OCC. The highest BCUT2D eigenvalue weighted by Gasteiger charge is 2.26. The molecule has 84 valence electrons. The van der Waals surface area contributed by atoms with Crippen molar-refractivity contribution in [3.63, 3.8) is 0 Å². The molecule has 0 aliphatic rings. The number of hydrogen-bond acceptors (Lipinski definition) is 2. The zero-order valence-electron chi connectivity index (χ0n) is 8.44. The Kier molecular flexibility index (Phi) is 5.53. The van der Waals surface area contributed by atoms with Gasteiger partial charge in [-0.1, -0.05) is 5.92 Å². The zero-order valence-corrected chi connectivity index (χ0v) is 8.44. The lowest BCUT2D eigenvalue weighted by atomic mass is 10.2. The van der Waals surface area contributed by atoms with Crippen molar-refractivity contribution in [2.24, 2.45) is 0 Å². The van der Waals surface area contributed by atoms with E-state index in [9.17, 15) is 18.0 Å². The maximum Gasteiger partial charge on any atom is 0.410 e. The second-order valence-electron chi connectivity index (χ2n) is 2.54. The highest BCUT2D eigenvalue weighted by Crippen LogP contribution is 2.20. The Balaban J connectivity index is 4.77. The molecule has 0 fully saturated rings. The summed E-state index contributed by atoms with van der Waals surface area (Å²) in [5.74, 6) is 3.83. The van der Waals surface area contributed by atoms with Crippen LogP contribution in [0, 0.1) is 11.8 Å². The number of esters is 1. The number of carbonyl (C=O) groups excluding carboxylic acids is 1. The molecule has 0 atom stereocenters. The molecule has 0 aromatic rings. The van der Waals surface area contributed by atoms with E-state index in [0.717, 1.165) is 0 Å². The van der Waals surface area contributed by atoms with Crippen LogP contribution in [0.1, 0.15) is 20.3 Å². The highest BCUT2D eigenvalue weighted by atomic mass is 19.4. The molecule has 0 rings (SSSR count). The van der Waals surface area contributed by atoms with Crippen molar-refractivity contribution in [3.8, 4) is 11.8 Å². The Morgan fingerprint density at radius 2 is 2.07 bits per heavy atom. The van der Waals surface area contributed by atoms with Crippen LogP contribution < -0.4 is 0 Å². The Morgan fingerprint density at radius 1 is 1.47 bits per heavy atom. The Labute approximate surface area is 86.1 Å². The van der Waals surface area contributed by atoms with Crippen LogP contribution in [0.3, 0.4) is 0 Å². The number of rotatable bonds is 3. The Morgan fingerprint density at radius 3 is 2.47 bits per heavy atom. The van der Waals surface area contributed by atoms with Gasteiger partial charge in [0.2, 0.25) is 0 Å². The average Bonchev–Trinajstić information content (AvgIpc) is 2.10. The van der Waals surface area contributed by atoms with E-state index in [1.807, 2.05) is 0 Å². The fourth-order valence-electron chi connectivity index (χ4n) is 0.787. The summed E-state index contributed by atoms with van der Waals surface area (Å²) in [7, 11) is 0. The van der Waals surface area contributed by atoms with Gasteiger partial charge in [0.05, 0.1) is 12.2 Å². The molecule has 0 unspecified atom stereocenters. The molecule has 5 heteroatoms. The molecule has 0 heterocycles. The molecule has 0 amide bonds. The van der Waals surface area contributed by atoms with Crippen LogP contribution in [-0.2, 0) is 9.53 Å². The molecule has 0 aromatic carbocycles. The van der Waals surface area contributed by atoms with Gasteiger partial charge < -0.3 is 4.74 Å². The van der Waals surface area contributed by atoms with Crippen LogP contribution in [0.5, 0.6) is 0 Å². The van der Waals surface area contributed by atoms with Gasteiger partial charge in [0.15, 0.2) is 0 Å². The largest absolute Gasteiger partial charge is 0.463 e. The van der Waals surface area contributed by atoms with Gasteiger partial charge >= 0.3 is 12.1 Å². The van der Waals surface area contributed by atoms with Crippen molar-refractivity contribution in [2.75, 3.05) is 6.61 Å². The second-order valence-corrected chi connectivity index (χ2v) is 2.54. The van der Waals surface area contributed by atoms with Gasteiger partial charge in [0.1, 0.15) is 0 Å². The van der Waals surface area contributed by atoms with Crippen molar-refractivity contribution in [3.05, 3.63) is 11.6 Å². The molecule has 0 bridgehead atoms. The summed E-state index contributed by atoms with van der Waals surface area (Å²) in [5, 5.41) is 0. The lowest BCUT2D eigenvalue weighted by molar-refractivity contribution is -0.139. The lowest BCUT2D eigenvalue weighted by Crippen LogP contribution is -2.12. The summed E-state index contributed by atoms with van der Waals surface area (Å²) >= 11 is 0. The van der Waals surface area contributed by atoms with Crippen molar-refractivity contribution in [1.29, 1.82) is 0 Å². The monoisotopic (exact) mass is 220 g/mol. The van der Waals surface area contributed by atoms with Crippen LogP contribution in [0.4, 0.5) is 13.2 Å². The number of alkyl halides is 3. The molecular formula is C10H11F3O2. The fraction of sp³-hybridized carbons (Fsp3) is 0.500. The summed E-state index contributed by atoms with van der Waals surface area (Å²) in [4.78, 5) is 11.1. The molecule has 0 radical (unpaired) electrons. The smallest absolute Gasteiger partial charge is 0.410 e. The predicted molar refractivity (Wildman–Crippen MR) is 48.8 cm³/mol. The van der Waals surface area contributed by atoms with Gasteiger partial charge in [-0.25, -0.2) is 4.79 Å². The van der Waals surface area contributed by atoms with Gasteiger partial charge in [0.25, 0.3) is 0 Å². The van der Waals surface area contributed by atoms with E-state index in [2.05, 4.69) is 16.6 Å². The van der Waals surface area contributed by atoms with Crippen LogP contribution in [0.2, 0.25) is 0 Å². The Bertz CT molecular complexity index is 305. The third kappa shape index (κ3) is 6.61. The first kappa shape index (κ1) is 13.6. The number of ether oxygens (including phenoxy) is 1. The van der Waals surface area contributed by atoms with Crippen molar-refractivity contribution in [1.82, 2.24) is 0 Å². The lowest BCUT2D eigenvalue weighted by Gasteiger charge is -2.05. The van der Waals surface area contributed by atoms with Gasteiger partial charge in [0, 0.05) is 12.5 Å². The summed E-state index contributed by atoms with van der Waals surface area (Å²) in [6, 6.07) is 0. The molecular weight excluding hydrogens is 209 g/mol. The first-order chi connectivity index (χ1) is 6.90. The third-order valence-corrected chi connectivity index (χ3v) is 1.33. The van der Waals surface area contributed by atoms with Crippen molar-refractivity contribution < 1.29 is 22.7 Å². The topological polar surface area (TPSA) is 26.3 Å². The van der Waals surface area contributed by atoms with Crippen LogP contribution >= 0.6 is 0 Å². The van der Waals surface area contributed by atoms with Gasteiger partial charge in [-0.05, 0) is 13.8 Å². The molecule has 2 nitrogen and oxygen atoms in total. The minimum absolute atomic E-state index is 0.0353. The van der Waals surface area contributed by atoms with Crippen LogP contribution in [0.15, 0.2) is 11.6 Å². The van der Waals surface area contributed by atoms with Gasteiger partial charge in [-0.3, -0.25) is 0 Å². The molecule has 15 heavy (non-hydrogen) atoms. The fourth-order valence-corrected chi connectivity index (χ4v) is 0.787. The van der Waals surface area contributed by atoms with E-state index < -0.39 is 17.7 Å². The minimum atomic E-state index is -4.53. The minimum Gasteiger partial charge on any atom is -0.463 e. The number of halogens is 3. The van der Waals surface area contributed by atoms with Crippen molar-refractivity contribution in [2.45, 2.75) is 26.4 Å². The van der Waals surface area contributed by atoms with E-state index >= 15 is 0 Å². The second kappa shape index (κ2) is 6.12.